The lowest BCUT2D eigenvalue weighted by molar-refractivity contribution is 0.542. The molecule has 0 N–H and O–H groups in total. The highest BCUT2D eigenvalue weighted by Crippen LogP contribution is 2.16. The van der Waals surface area contributed by atoms with Gasteiger partial charge in [0.15, 0.2) is 0 Å². The molecule has 0 spiro atoms. The molecule has 0 unspecified atom stereocenters. The molecule has 116 valence electrons. The number of unbranched alkanes of at least 4 members (excludes halogenated alkanes) is 10. The van der Waals surface area contributed by atoms with Crippen molar-refractivity contribution < 1.29 is 0 Å². The summed E-state index contributed by atoms with van der Waals surface area (Å²) >= 11 is 17.1. The number of hydrogen-bond donors (Lipinski definition) is 4. The Kier molecular flexibility index (Phi) is 16.9. The van der Waals surface area contributed by atoms with Crippen LogP contribution in [0.4, 0.5) is 0 Å². The van der Waals surface area contributed by atoms with E-state index >= 15 is 0 Å². The summed E-state index contributed by atoms with van der Waals surface area (Å²) in [5.74, 6) is 0. The van der Waals surface area contributed by atoms with Gasteiger partial charge >= 0.3 is 0 Å². The topological polar surface area (TPSA) is 0 Å². The molecule has 0 aliphatic heterocycles. The molecule has 0 aromatic rings. The summed E-state index contributed by atoms with van der Waals surface area (Å²) in [6.45, 7) is 0. The molecular weight excluding hydrogens is 308 g/mol. The lowest BCUT2D eigenvalue weighted by Gasteiger charge is -2.05. The summed E-state index contributed by atoms with van der Waals surface area (Å²) in [5, 5.41) is 0. The molecule has 0 heterocycles. The first kappa shape index (κ1) is 20.4. The molecule has 0 amide bonds. The third kappa shape index (κ3) is 19.4. The maximum Gasteiger partial charge on any atom is 0.0442 e. The number of hydrogen-bond acceptors (Lipinski definition) is 4. The van der Waals surface area contributed by atoms with Crippen LogP contribution < -0.4 is 0 Å². The van der Waals surface area contributed by atoms with Crippen molar-refractivity contribution in [3.63, 3.8) is 0 Å². The van der Waals surface area contributed by atoms with Crippen molar-refractivity contribution in [3.8, 4) is 0 Å². The van der Waals surface area contributed by atoms with Gasteiger partial charge in [0.2, 0.25) is 0 Å². The van der Waals surface area contributed by atoms with Gasteiger partial charge < -0.3 is 0 Å². The van der Waals surface area contributed by atoms with Crippen molar-refractivity contribution in [2.45, 2.75) is 92.6 Å². The van der Waals surface area contributed by atoms with Crippen molar-refractivity contribution in [3.05, 3.63) is 0 Å². The van der Waals surface area contributed by atoms with E-state index in [9.17, 15) is 0 Å². The van der Waals surface area contributed by atoms with E-state index in [0.717, 1.165) is 12.8 Å². The fourth-order valence-electron chi connectivity index (χ4n) is 2.24. The van der Waals surface area contributed by atoms with Gasteiger partial charge in [0.05, 0.1) is 0 Å². The quantitative estimate of drug-likeness (QED) is 0.156. The number of thiol groups is 4. The third-order valence-corrected chi connectivity index (χ3v) is 4.46. The Morgan fingerprint density at radius 3 is 0.789 bits per heavy atom. The molecule has 0 bridgehead atoms. The highest BCUT2D eigenvalue weighted by Gasteiger charge is 1.97. The van der Waals surface area contributed by atoms with E-state index in [0.29, 0.717) is 0 Å². The van der Waals surface area contributed by atoms with Gasteiger partial charge in [-0.05, 0) is 12.8 Å². The van der Waals surface area contributed by atoms with Gasteiger partial charge in [0.25, 0.3) is 0 Å². The summed E-state index contributed by atoms with van der Waals surface area (Å²) in [7, 11) is 0. The van der Waals surface area contributed by atoms with Gasteiger partial charge in [-0.25, -0.2) is 0 Å². The predicted molar refractivity (Wildman–Crippen MR) is 104 cm³/mol. The zero-order valence-corrected chi connectivity index (χ0v) is 15.7. The first-order valence-corrected chi connectivity index (χ1v) is 9.91. The van der Waals surface area contributed by atoms with Crippen LogP contribution in [0.15, 0.2) is 0 Å². The SMILES string of the molecule is SC(S)CCCCCCCCCCCCCC(S)S. The smallest absolute Gasteiger partial charge is 0.0442 e. The van der Waals surface area contributed by atoms with E-state index in [2.05, 4.69) is 50.5 Å². The lowest BCUT2D eigenvalue weighted by Crippen LogP contribution is -1.88. The zero-order valence-electron chi connectivity index (χ0n) is 12.1. The molecule has 0 rings (SSSR count). The molecule has 19 heavy (non-hydrogen) atoms. The third-order valence-electron chi connectivity index (χ3n) is 3.42. The molecule has 0 saturated heterocycles. The van der Waals surface area contributed by atoms with Crippen LogP contribution in [-0.4, -0.2) is 9.16 Å². The zero-order chi connectivity index (χ0) is 14.3. The van der Waals surface area contributed by atoms with E-state index in [1.54, 1.807) is 0 Å². The van der Waals surface area contributed by atoms with Crippen LogP contribution >= 0.6 is 50.5 Å². The van der Waals surface area contributed by atoms with E-state index in [4.69, 9.17) is 0 Å². The Hall–Kier alpha value is 1.40. The summed E-state index contributed by atoms with van der Waals surface area (Å²) in [5.41, 5.74) is 0. The Morgan fingerprint density at radius 2 is 0.579 bits per heavy atom. The number of rotatable bonds is 14. The van der Waals surface area contributed by atoms with Crippen LogP contribution in [0.5, 0.6) is 0 Å². The molecule has 0 aliphatic rings. The Balaban J connectivity index is 2.95. The Morgan fingerprint density at radius 1 is 0.368 bits per heavy atom. The molecule has 0 atom stereocenters. The van der Waals surface area contributed by atoms with Gasteiger partial charge in [-0.1, -0.05) is 70.6 Å². The molecule has 4 heteroatoms. The standard InChI is InChI=1S/C15H32S4/c16-14(17)12-10-8-6-4-2-1-3-5-7-9-11-13-15(18)19/h14-19H,1-13H2. The van der Waals surface area contributed by atoms with Crippen molar-refractivity contribution in [2.75, 3.05) is 0 Å². The second kappa shape index (κ2) is 15.8. The van der Waals surface area contributed by atoms with Crippen molar-refractivity contribution in [2.24, 2.45) is 0 Å². The van der Waals surface area contributed by atoms with Crippen LogP contribution in [0.3, 0.4) is 0 Å². The first-order chi connectivity index (χ1) is 9.13. The van der Waals surface area contributed by atoms with E-state index < -0.39 is 0 Å². The minimum atomic E-state index is 0.278. The highest BCUT2D eigenvalue weighted by atomic mass is 32.2. The second-order valence-electron chi connectivity index (χ2n) is 5.43. The maximum absolute atomic E-state index is 4.27. The van der Waals surface area contributed by atoms with E-state index in [1.165, 1.54) is 70.6 Å². The lowest BCUT2D eigenvalue weighted by atomic mass is 10.0. The normalized spacial score (nSPS) is 11.7. The Labute approximate surface area is 142 Å². The summed E-state index contributed by atoms with van der Waals surface area (Å²) < 4.78 is 0.556. The van der Waals surface area contributed by atoms with Gasteiger partial charge in [-0.3, -0.25) is 0 Å². The average molecular weight is 341 g/mol. The summed E-state index contributed by atoms with van der Waals surface area (Å²) in [6, 6.07) is 0. The molecule has 0 fully saturated rings. The molecule has 0 radical (unpaired) electrons. The summed E-state index contributed by atoms with van der Waals surface area (Å²) in [4.78, 5) is 0. The fraction of sp³-hybridized carbons (Fsp3) is 1.00. The maximum atomic E-state index is 4.27. The van der Waals surface area contributed by atoms with Crippen LogP contribution in [0.25, 0.3) is 0 Å². The largest absolute Gasteiger partial charge is 0.165 e. The molecule has 0 aromatic heterocycles. The summed E-state index contributed by atoms with van der Waals surface area (Å²) in [6.07, 6.45) is 17.4. The molecular formula is C15H32S4. The monoisotopic (exact) mass is 340 g/mol. The molecule has 0 nitrogen and oxygen atoms in total. The minimum Gasteiger partial charge on any atom is -0.165 e. The fourth-order valence-corrected chi connectivity index (χ4v) is 2.98. The van der Waals surface area contributed by atoms with Crippen LogP contribution in [0.1, 0.15) is 83.5 Å². The minimum absolute atomic E-state index is 0.278. The van der Waals surface area contributed by atoms with Crippen LogP contribution in [-0.2, 0) is 0 Å². The van der Waals surface area contributed by atoms with E-state index in [-0.39, 0.29) is 9.16 Å². The second-order valence-corrected chi connectivity index (χ2v) is 8.74. The average Bonchev–Trinajstić information content (AvgIpc) is 2.34. The van der Waals surface area contributed by atoms with Crippen LogP contribution in [0.2, 0.25) is 0 Å². The highest BCUT2D eigenvalue weighted by molar-refractivity contribution is 7.99. The van der Waals surface area contributed by atoms with Crippen molar-refractivity contribution >= 4 is 50.5 Å². The Bertz CT molecular complexity index is 154. The van der Waals surface area contributed by atoms with E-state index in [1.807, 2.05) is 0 Å². The van der Waals surface area contributed by atoms with Crippen molar-refractivity contribution in [1.82, 2.24) is 0 Å². The van der Waals surface area contributed by atoms with Gasteiger partial charge in [0.1, 0.15) is 0 Å². The van der Waals surface area contributed by atoms with Crippen LogP contribution in [0, 0.1) is 0 Å². The molecule has 0 saturated carbocycles. The van der Waals surface area contributed by atoms with Crippen molar-refractivity contribution in [1.29, 1.82) is 0 Å². The first-order valence-electron chi connectivity index (χ1n) is 7.85. The molecule has 0 aromatic carbocycles. The van der Waals surface area contributed by atoms with Gasteiger partial charge in [-0.15, -0.1) is 0 Å². The predicted octanol–water partition coefficient (Wildman–Crippen LogP) is 6.43. The van der Waals surface area contributed by atoms with Gasteiger partial charge in [-0.2, -0.15) is 50.5 Å². The molecule has 0 aliphatic carbocycles. The van der Waals surface area contributed by atoms with Gasteiger partial charge in [0, 0.05) is 9.16 Å².